The predicted molar refractivity (Wildman–Crippen MR) is 121 cm³/mol. The molecule has 7 heteroatoms. The van der Waals surface area contributed by atoms with Crippen LogP contribution in [0.25, 0.3) is 0 Å². The van der Waals surface area contributed by atoms with Crippen molar-refractivity contribution < 1.29 is 14.3 Å². The van der Waals surface area contributed by atoms with Crippen LogP contribution in [-0.2, 0) is 16.1 Å². The van der Waals surface area contributed by atoms with Gasteiger partial charge in [0.15, 0.2) is 5.13 Å². The molecule has 0 unspecified atom stereocenters. The van der Waals surface area contributed by atoms with E-state index in [0.717, 1.165) is 22.5 Å². The first-order chi connectivity index (χ1) is 14.3. The van der Waals surface area contributed by atoms with Gasteiger partial charge in [-0.05, 0) is 55.3 Å². The van der Waals surface area contributed by atoms with Gasteiger partial charge < -0.3 is 9.64 Å². The highest BCUT2D eigenvalue weighted by atomic mass is 32.1. The molecule has 1 aromatic heterocycles. The smallest absolute Gasteiger partial charge is 0.338 e. The summed E-state index contributed by atoms with van der Waals surface area (Å²) < 4.78 is 5.43. The molecule has 0 aliphatic heterocycles. The van der Waals surface area contributed by atoms with Gasteiger partial charge in [-0.25, -0.2) is 9.78 Å². The van der Waals surface area contributed by atoms with Gasteiger partial charge in [0.25, 0.3) is 0 Å². The lowest BCUT2D eigenvalue weighted by Crippen LogP contribution is -2.22. The van der Waals surface area contributed by atoms with Crippen LogP contribution >= 0.6 is 11.3 Å². The number of benzene rings is 2. The van der Waals surface area contributed by atoms with Crippen molar-refractivity contribution in [3.8, 4) is 0 Å². The maximum atomic E-state index is 12.4. The molecule has 0 aliphatic rings. The predicted octanol–water partition coefficient (Wildman–Crippen LogP) is 4.87. The van der Waals surface area contributed by atoms with Gasteiger partial charge in [0, 0.05) is 32.1 Å². The van der Waals surface area contributed by atoms with Gasteiger partial charge in [-0.2, -0.15) is 0 Å². The zero-order valence-corrected chi connectivity index (χ0v) is 18.6. The number of hydrogen-bond acceptors (Lipinski definition) is 6. The Morgan fingerprint density at radius 2 is 1.80 bits per heavy atom. The van der Waals surface area contributed by atoms with E-state index in [0.29, 0.717) is 16.4 Å². The molecular formula is C23H25N3O3S. The highest BCUT2D eigenvalue weighted by Crippen LogP contribution is 2.30. The summed E-state index contributed by atoms with van der Waals surface area (Å²) in [6, 6.07) is 13.1. The molecule has 156 valence electrons. The highest BCUT2D eigenvalue weighted by Gasteiger charge is 2.19. The fraction of sp³-hybridized carbons (Fsp3) is 0.261. The second-order valence-corrected chi connectivity index (χ2v) is 8.10. The molecule has 0 saturated heterocycles. The summed E-state index contributed by atoms with van der Waals surface area (Å²) in [4.78, 5) is 32.7. The average Bonchev–Trinajstić information content (AvgIpc) is 3.17. The lowest BCUT2D eigenvalue weighted by atomic mass is 10.1. The van der Waals surface area contributed by atoms with E-state index in [1.54, 1.807) is 22.4 Å². The summed E-state index contributed by atoms with van der Waals surface area (Å²) in [5.74, 6) is -0.539. The second-order valence-electron chi connectivity index (χ2n) is 7.27. The van der Waals surface area contributed by atoms with Crippen molar-refractivity contribution in [3.05, 3.63) is 70.2 Å². The SMILES string of the molecule is CC(=O)N(c1ccc(C)c(C)c1)c1nc(COC(=O)c2cccc(N(C)C)c2)cs1. The number of aryl methyl sites for hydroxylation is 2. The molecule has 0 aliphatic carbocycles. The molecule has 3 aromatic rings. The molecule has 0 radical (unpaired) electrons. The third kappa shape index (κ3) is 4.86. The molecule has 1 amide bonds. The summed E-state index contributed by atoms with van der Waals surface area (Å²) in [5, 5.41) is 2.35. The normalized spacial score (nSPS) is 10.6. The molecule has 0 saturated carbocycles. The van der Waals surface area contributed by atoms with Gasteiger partial charge >= 0.3 is 5.97 Å². The van der Waals surface area contributed by atoms with Gasteiger partial charge in [0.05, 0.1) is 16.9 Å². The molecule has 1 heterocycles. The number of amides is 1. The lowest BCUT2D eigenvalue weighted by Gasteiger charge is -2.19. The zero-order chi connectivity index (χ0) is 21.8. The van der Waals surface area contributed by atoms with Crippen LogP contribution in [0.2, 0.25) is 0 Å². The number of thiazole rings is 1. The van der Waals surface area contributed by atoms with Crippen molar-refractivity contribution in [3.63, 3.8) is 0 Å². The van der Waals surface area contributed by atoms with Gasteiger partial charge in [0.1, 0.15) is 6.61 Å². The topological polar surface area (TPSA) is 62.7 Å². The Balaban J connectivity index is 1.73. The Kier molecular flexibility index (Phi) is 6.52. The van der Waals surface area contributed by atoms with Crippen molar-refractivity contribution in [2.24, 2.45) is 0 Å². The molecule has 0 spiro atoms. The Morgan fingerprint density at radius 3 is 2.47 bits per heavy atom. The summed E-state index contributed by atoms with van der Waals surface area (Å²) in [7, 11) is 3.83. The summed E-state index contributed by atoms with van der Waals surface area (Å²) in [6.45, 7) is 5.59. The minimum Gasteiger partial charge on any atom is -0.456 e. The molecule has 0 N–H and O–H groups in total. The van der Waals surface area contributed by atoms with E-state index in [9.17, 15) is 9.59 Å². The summed E-state index contributed by atoms with van der Waals surface area (Å²) in [6.07, 6.45) is 0. The Labute approximate surface area is 180 Å². The monoisotopic (exact) mass is 423 g/mol. The molecule has 0 fully saturated rings. The third-order valence-corrected chi connectivity index (χ3v) is 5.62. The number of carbonyl (C=O) groups is 2. The number of hydrogen-bond donors (Lipinski definition) is 0. The molecule has 0 atom stereocenters. The number of nitrogens with zero attached hydrogens (tertiary/aromatic N) is 3. The van der Waals surface area contributed by atoms with Crippen LogP contribution in [0.3, 0.4) is 0 Å². The first-order valence-electron chi connectivity index (χ1n) is 9.53. The van der Waals surface area contributed by atoms with Crippen molar-refractivity contribution in [1.82, 2.24) is 4.98 Å². The molecule has 3 rings (SSSR count). The first-order valence-corrected chi connectivity index (χ1v) is 10.4. The maximum Gasteiger partial charge on any atom is 0.338 e. The fourth-order valence-electron chi connectivity index (χ4n) is 2.89. The number of ether oxygens (including phenoxy) is 1. The summed E-state index contributed by atoms with van der Waals surface area (Å²) >= 11 is 1.34. The van der Waals surface area contributed by atoms with E-state index < -0.39 is 5.97 Å². The quantitative estimate of drug-likeness (QED) is 0.530. The van der Waals surface area contributed by atoms with Crippen LogP contribution in [0.1, 0.15) is 34.1 Å². The standard InChI is InChI=1S/C23H25N3O3S/c1-15-9-10-21(11-16(15)2)26(17(3)27)23-24-19(14-30-23)13-29-22(28)18-7-6-8-20(12-18)25(4)5/h6-12,14H,13H2,1-5H3. The fourth-order valence-corrected chi connectivity index (χ4v) is 3.76. The third-order valence-electron chi connectivity index (χ3n) is 4.74. The minimum atomic E-state index is -0.411. The summed E-state index contributed by atoms with van der Waals surface area (Å²) in [5.41, 5.74) is 5.03. The van der Waals surface area contributed by atoms with Crippen LogP contribution in [-0.4, -0.2) is 31.0 Å². The van der Waals surface area contributed by atoms with Crippen molar-refractivity contribution in [2.45, 2.75) is 27.4 Å². The van der Waals surface area contributed by atoms with Crippen LogP contribution in [0.15, 0.2) is 47.8 Å². The first kappa shape index (κ1) is 21.5. The number of esters is 1. The van der Waals surface area contributed by atoms with Gasteiger partial charge in [-0.1, -0.05) is 12.1 Å². The Bertz CT molecular complexity index is 1080. The maximum absolute atomic E-state index is 12.4. The number of carbonyl (C=O) groups excluding carboxylic acids is 2. The van der Waals surface area contributed by atoms with Crippen molar-refractivity contribution >= 4 is 39.7 Å². The zero-order valence-electron chi connectivity index (χ0n) is 17.8. The average molecular weight is 424 g/mol. The van der Waals surface area contributed by atoms with E-state index >= 15 is 0 Å². The van der Waals surface area contributed by atoms with Crippen LogP contribution in [0.4, 0.5) is 16.5 Å². The van der Waals surface area contributed by atoms with Gasteiger partial charge in [-0.15, -0.1) is 11.3 Å². The lowest BCUT2D eigenvalue weighted by molar-refractivity contribution is -0.115. The van der Waals surface area contributed by atoms with Crippen LogP contribution in [0, 0.1) is 13.8 Å². The number of aromatic nitrogens is 1. The van der Waals surface area contributed by atoms with E-state index in [1.807, 2.05) is 63.2 Å². The minimum absolute atomic E-state index is 0.0419. The van der Waals surface area contributed by atoms with Crippen LogP contribution in [0.5, 0.6) is 0 Å². The van der Waals surface area contributed by atoms with Gasteiger partial charge in [0.2, 0.25) is 5.91 Å². The Morgan fingerprint density at radius 1 is 1.03 bits per heavy atom. The van der Waals surface area contributed by atoms with Crippen LogP contribution < -0.4 is 9.80 Å². The number of anilines is 3. The highest BCUT2D eigenvalue weighted by molar-refractivity contribution is 7.14. The largest absolute Gasteiger partial charge is 0.456 e. The number of rotatable bonds is 6. The van der Waals surface area contributed by atoms with Crippen molar-refractivity contribution in [2.75, 3.05) is 23.9 Å². The van der Waals surface area contributed by atoms with E-state index in [2.05, 4.69) is 4.98 Å². The molecule has 0 bridgehead atoms. The van der Waals surface area contributed by atoms with E-state index in [4.69, 9.17) is 4.74 Å². The van der Waals surface area contributed by atoms with Gasteiger partial charge in [-0.3, -0.25) is 9.69 Å². The molecular weight excluding hydrogens is 398 g/mol. The Hall–Kier alpha value is -3.19. The molecule has 2 aromatic carbocycles. The van der Waals surface area contributed by atoms with E-state index in [-0.39, 0.29) is 12.5 Å². The van der Waals surface area contributed by atoms with E-state index in [1.165, 1.54) is 18.3 Å². The van der Waals surface area contributed by atoms with Crippen molar-refractivity contribution in [1.29, 1.82) is 0 Å². The molecule has 30 heavy (non-hydrogen) atoms. The molecule has 6 nitrogen and oxygen atoms in total. The second kappa shape index (κ2) is 9.09.